The van der Waals surface area contributed by atoms with Crippen molar-refractivity contribution in [2.75, 3.05) is 0 Å². The first-order valence-corrected chi connectivity index (χ1v) is 12.7. The van der Waals surface area contributed by atoms with Crippen LogP contribution in [-0.2, 0) is 0 Å². The molecule has 0 N–H and O–H groups in total. The molecule has 0 aromatic rings. The van der Waals surface area contributed by atoms with Gasteiger partial charge in [0.2, 0.25) is 0 Å². The number of rotatable bonds is 7. The Morgan fingerprint density at radius 2 is 1.24 bits per heavy atom. The van der Waals surface area contributed by atoms with Crippen molar-refractivity contribution in [2.45, 2.75) is 110 Å². The van der Waals surface area contributed by atoms with E-state index in [9.17, 15) is 8.78 Å². The lowest BCUT2D eigenvalue weighted by Gasteiger charge is -2.33. The Morgan fingerprint density at radius 3 is 1.79 bits per heavy atom. The summed E-state index contributed by atoms with van der Waals surface area (Å²) in [6, 6.07) is 0. The van der Waals surface area contributed by atoms with Crippen LogP contribution < -0.4 is 0 Å². The van der Waals surface area contributed by atoms with E-state index < -0.39 is 6.08 Å². The van der Waals surface area contributed by atoms with Gasteiger partial charge in [0, 0.05) is 0 Å². The topological polar surface area (TPSA) is 0 Å². The molecule has 0 saturated heterocycles. The van der Waals surface area contributed by atoms with Crippen molar-refractivity contribution < 1.29 is 8.78 Å². The standard InChI is InChI=1S/C27H44F2/c1-20-3-5-25(6-4-20)19-21(2)26-16-13-24(14-17-26)12-9-22-7-10-23(11-8-22)15-18-27(28)29/h18-20,22-26H,3-17H2,1-2H3/b21-19+. The van der Waals surface area contributed by atoms with Crippen LogP contribution in [0.15, 0.2) is 23.8 Å². The summed E-state index contributed by atoms with van der Waals surface area (Å²) in [5.41, 5.74) is 1.69. The molecule has 0 radical (unpaired) electrons. The second-order valence-corrected chi connectivity index (χ2v) is 10.8. The molecule has 166 valence electrons. The van der Waals surface area contributed by atoms with Gasteiger partial charge in [-0.2, -0.15) is 8.78 Å². The average Bonchev–Trinajstić information content (AvgIpc) is 2.73. The molecule has 0 aromatic heterocycles. The van der Waals surface area contributed by atoms with Crippen LogP contribution in [0.25, 0.3) is 0 Å². The summed E-state index contributed by atoms with van der Waals surface area (Å²) in [4.78, 5) is 0. The molecule has 0 aliphatic heterocycles. The minimum Gasteiger partial charge on any atom is -0.174 e. The van der Waals surface area contributed by atoms with Crippen LogP contribution in [0, 0.1) is 35.5 Å². The third-order valence-electron chi connectivity index (χ3n) is 8.60. The van der Waals surface area contributed by atoms with Crippen LogP contribution in [0.4, 0.5) is 8.78 Å². The molecule has 3 aliphatic rings. The van der Waals surface area contributed by atoms with Crippen LogP contribution in [0.1, 0.15) is 110 Å². The molecule has 0 unspecified atom stereocenters. The van der Waals surface area contributed by atoms with Gasteiger partial charge < -0.3 is 0 Å². The van der Waals surface area contributed by atoms with Crippen LogP contribution >= 0.6 is 0 Å². The summed E-state index contributed by atoms with van der Waals surface area (Å²) < 4.78 is 24.5. The Kier molecular flexibility index (Phi) is 9.25. The molecular formula is C27H44F2. The van der Waals surface area contributed by atoms with Gasteiger partial charge in [-0.3, -0.25) is 0 Å². The maximum absolute atomic E-state index is 12.3. The average molecular weight is 407 g/mol. The van der Waals surface area contributed by atoms with Crippen LogP contribution in [0.5, 0.6) is 0 Å². The summed E-state index contributed by atoms with van der Waals surface area (Å²) in [6.07, 6.45) is 21.8. The lowest BCUT2D eigenvalue weighted by atomic mass is 9.73. The van der Waals surface area contributed by atoms with E-state index in [0.717, 1.165) is 48.5 Å². The normalized spacial score (nSPS) is 36.6. The lowest BCUT2D eigenvalue weighted by Crippen LogP contribution is -2.19. The Hall–Kier alpha value is -0.660. The van der Waals surface area contributed by atoms with Crippen molar-refractivity contribution in [3.8, 4) is 0 Å². The predicted octanol–water partition coefficient (Wildman–Crippen LogP) is 9.32. The summed E-state index contributed by atoms with van der Waals surface area (Å²) in [6.45, 7) is 4.82. The molecule has 0 bridgehead atoms. The molecule has 0 spiro atoms. The number of halogens is 2. The molecule has 0 amide bonds. The second-order valence-electron chi connectivity index (χ2n) is 10.8. The highest BCUT2D eigenvalue weighted by atomic mass is 19.3. The largest absolute Gasteiger partial charge is 0.266 e. The minimum absolute atomic E-state index is 0.505. The molecule has 0 nitrogen and oxygen atoms in total. The van der Waals surface area contributed by atoms with Crippen molar-refractivity contribution in [1.82, 2.24) is 0 Å². The Bertz CT molecular complexity index is 521. The summed E-state index contributed by atoms with van der Waals surface area (Å²) in [5.74, 6) is 4.96. The van der Waals surface area contributed by atoms with E-state index in [4.69, 9.17) is 0 Å². The number of hydrogen-bond acceptors (Lipinski definition) is 0. The first kappa shape index (κ1) is 23.0. The van der Waals surface area contributed by atoms with Crippen molar-refractivity contribution >= 4 is 0 Å². The van der Waals surface area contributed by atoms with Gasteiger partial charge in [-0.15, -0.1) is 0 Å². The van der Waals surface area contributed by atoms with Gasteiger partial charge in [-0.05, 0) is 106 Å². The minimum atomic E-state index is -1.50. The van der Waals surface area contributed by atoms with E-state index in [1.165, 1.54) is 77.0 Å². The highest BCUT2D eigenvalue weighted by Crippen LogP contribution is 2.40. The maximum atomic E-state index is 12.3. The van der Waals surface area contributed by atoms with Crippen molar-refractivity contribution in [3.05, 3.63) is 23.8 Å². The van der Waals surface area contributed by atoms with E-state index in [0.29, 0.717) is 12.3 Å². The molecule has 3 aliphatic carbocycles. The fraction of sp³-hybridized carbons (Fsp3) is 0.852. The van der Waals surface area contributed by atoms with E-state index in [1.54, 1.807) is 5.57 Å². The molecule has 0 aromatic carbocycles. The highest BCUT2D eigenvalue weighted by Gasteiger charge is 2.26. The van der Waals surface area contributed by atoms with Gasteiger partial charge in [0.25, 0.3) is 6.08 Å². The Morgan fingerprint density at radius 1 is 0.724 bits per heavy atom. The van der Waals surface area contributed by atoms with E-state index in [-0.39, 0.29) is 0 Å². The summed E-state index contributed by atoms with van der Waals surface area (Å²) in [5, 5.41) is 0. The molecule has 29 heavy (non-hydrogen) atoms. The molecule has 2 heteroatoms. The fourth-order valence-corrected chi connectivity index (χ4v) is 6.35. The van der Waals surface area contributed by atoms with Crippen molar-refractivity contribution in [3.63, 3.8) is 0 Å². The van der Waals surface area contributed by atoms with Crippen LogP contribution in [-0.4, -0.2) is 0 Å². The number of hydrogen-bond donors (Lipinski definition) is 0. The smallest absolute Gasteiger partial charge is 0.174 e. The van der Waals surface area contributed by atoms with Gasteiger partial charge in [0.15, 0.2) is 0 Å². The molecule has 3 fully saturated rings. The van der Waals surface area contributed by atoms with Gasteiger partial charge in [0.1, 0.15) is 0 Å². The quantitative estimate of drug-likeness (QED) is 0.369. The maximum Gasteiger partial charge on any atom is 0.266 e. The zero-order valence-electron chi connectivity index (χ0n) is 19.0. The van der Waals surface area contributed by atoms with Crippen molar-refractivity contribution in [1.29, 1.82) is 0 Å². The third-order valence-corrected chi connectivity index (χ3v) is 8.60. The second kappa shape index (κ2) is 11.7. The zero-order valence-corrected chi connectivity index (χ0v) is 19.0. The SMILES string of the molecule is C/C(=C\C1CCC(C)CC1)C1CCC(CCC2CCC(CC=C(F)F)CC2)CC1. The van der Waals surface area contributed by atoms with Gasteiger partial charge >= 0.3 is 0 Å². The molecule has 3 rings (SSSR count). The molecule has 0 heterocycles. The summed E-state index contributed by atoms with van der Waals surface area (Å²) >= 11 is 0. The van der Waals surface area contributed by atoms with Crippen LogP contribution in [0.3, 0.4) is 0 Å². The van der Waals surface area contributed by atoms with Gasteiger partial charge in [-0.1, -0.05) is 57.1 Å². The zero-order chi connectivity index (χ0) is 20.6. The lowest BCUT2D eigenvalue weighted by molar-refractivity contribution is 0.224. The first-order valence-electron chi connectivity index (χ1n) is 12.7. The molecular weight excluding hydrogens is 362 g/mol. The monoisotopic (exact) mass is 406 g/mol. The number of allylic oxidation sites excluding steroid dienone is 3. The molecule has 3 saturated carbocycles. The molecule has 0 atom stereocenters. The van der Waals surface area contributed by atoms with E-state index >= 15 is 0 Å². The van der Waals surface area contributed by atoms with E-state index in [2.05, 4.69) is 19.9 Å². The Balaban J connectivity index is 1.31. The van der Waals surface area contributed by atoms with E-state index in [1.807, 2.05) is 0 Å². The fourth-order valence-electron chi connectivity index (χ4n) is 6.35. The van der Waals surface area contributed by atoms with Gasteiger partial charge in [0.05, 0.1) is 0 Å². The first-order chi connectivity index (χ1) is 14.0. The highest BCUT2D eigenvalue weighted by molar-refractivity contribution is 5.07. The predicted molar refractivity (Wildman–Crippen MR) is 120 cm³/mol. The summed E-state index contributed by atoms with van der Waals surface area (Å²) in [7, 11) is 0. The Labute approximate surface area is 178 Å². The van der Waals surface area contributed by atoms with Crippen molar-refractivity contribution in [2.24, 2.45) is 35.5 Å². The third kappa shape index (κ3) is 7.83. The van der Waals surface area contributed by atoms with Crippen LogP contribution in [0.2, 0.25) is 0 Å². The van der Waals surface area contributed by atoms with Gasteiger partial charge in [-0.25, -0.2) is 0 Å².